The van der Waals surface area contributed by atoms with E-state index < -0.39 is 0 Å². The van der Waals surface area contributed by atoms with E-state index in [0.717, 1.165) is 16.6 Å². The minimum atomic E-state index is -0.0987. The molecule has 0 unspecified atom stereocenters. The Labute approximate surface area is 251 Å². The Morgan fingerprint density at radius 3 is 1.77 bits per heavy atom. The van der Waals surface area contributed by atoms with E-state index in [9.17, 15) is 9.59 Å². The molecule has 0 radical (unpaired) electrons. The highest BCUT2D eigenvalue weighted by Crippen LogP contribution is 2.21. The van der Waals surface area contributed by atoms with Crippen LogP contribution in [0.5, 0.6) is 0 Å². The number of hydrogen-bond acceptors (Lipinski definition) is 7. The van der Waals surface area contributed by atoms with Crippen LogP contribution in [0.3, 0.4) is 0 Å². The van der Waals surface area contributed by atoms with Crippen LogP contribution in [0.2, 0.25) is 5.15 Å². The van der Waals surface area contributed by atoms with Crippen molar-refractivity contribution in [1.29, 1.82) is 0 Å². The molecule has 10 heteroatoms. The molecular formula is C33H24ClN7O2. The molecule has 6 aromatic heterocycles. The van der Waals surface area contributed by atoms with Gasteiger partial charge in [0.25, 0.3) is 0 Å². The largest absolute Gasteiger partial charge is 0.366 e. The second kappa shape index (κ2) is 12.5. The Bertz CT molecular complexity index is 2020. The number of nitrogens with one attached hydrogen (secondary N) is 3. The lowest BCUT2D eigenvalue weighted by molar-refractivity contribution is 0.103. The van der Waals surface area contributed by atoms with E-state index in [1.807, 2.05) is 42.5 Å². The summed E-state index contributed by atoms with van der Waals surface area (Å²) in [6.07, 6.45) is 9.81. The summed E-state index contributed by atoms with van der Waals surface area (Å²) in [5, 5.41) is 5.24. The zero-order valence-electron chi connectivity index (χ0n) is 22.7. The summed E-state index contributed by atoms with van der Waals surface area (Å²) >= 11 is 5.70. The van der Waals surface area contributed by atoms with Crippen LogP contribution in [0.1, 0.15) is 37.4 Å². The molecule has 0 atom stereocenters. The number of carbonyl (C=O) groups is 2. The molecule has 210 valence electrons. The van der Waals surface area contributed by atoms with Crippen LogP contribution in [-0.4, -0.2) is 41.5 Å². The van der Waals surface area contributed by atoms with Gasteiger partial charge in [-0.05, 0) is 54.1 Å². The third-order valence-corrected chi connectivity index (χ3v) is 6.95. The van der Waals surface area contributed by atoms with Crippen LogP contribution >= 0.6 is 11.6 Å². The summed E-state index contributed by atoms with van der Waals surface area (Å²) in [5.74, 6) is 0.570. The maximum absolute atomic E-state index is 12.7. The number of nitrogens with zero attached hydrogens (tertiary/aromatic N) is 4. The number of aromatic nitrogens is 6. The van der Waals surface area contributed by atoms with E-state index >= 15 is 0 Å². The molecule has 6 heterocycles. The van der Waals surface area contributed by atoms with Gasteiger partial charge in [-0.25, -0.2) is 19.9 Å². The van der Waals surface area contributed by atoms with Crippen molar-refractivity contribution in [2.75, 3.05) is 5.32 Å². The van der Waals surface area contributed by atoms with E-state index in [-0.39, 0.29) is 11.6 Å². The molecule has 0 bridgehead atoms. The summed E-state index contributed by atoms with van der Waals surface area (Å²) in [5.41, 5.74) is 4.83. The average molecular weight is 586 g/mol. The number of fused-ring (bicyclic) bond motifs is 2. The van der Waals surface area contributed by atoms with Crippen molar-refractivity contribution in [3.8, 4) is 0 Å². The first kappa shape index (κ1) is 27.5. The third-order valence-electron chi connectivity index (χ3n) is 6.72. The van der Waals surface area contributed by atoms with Crippen LogP contribution < -0.4 is 5.32 Å². The fourth-order valence-corrected chi connectivity index (χ4v) is 4.64. The fraction of sp³-hybridized carbons (Fsp3) is 0.0303. The Balaban J connectivity index is 0.000000162. The molecule has 1 aromatic carbocycles. The maximum atomic E-state index is 12.7. The van der Waals surface area contributed by atoms with Gasteiger partial charge in [-0.15, -0.1) is 0 Å². The molecule has 43 heavy (non-hydrogen) atoms. The maximum Gasteiger partial charge on any atom is 0.196 e. The van der Waals surface area contributed by atoms with Crippen molar-refractivity contribution >= 4 is 51.1 Å². The van der Waals surface area contributed by atoms with Crippen molar-refractivity contribution in [3.63, 3.8) is 0 Å². The standard InChI is InChI=1S/C20H16N4O.C13H8ClN3O/c25-19(17-13-24-20-16(17)7-4-10-21-20)15-8-9-18(23-12-15)22-11-14-5-2-1-3-6-14;14-11-4-3-8(6-16-11)12(18)10-7-17-13-9(10)2-1-5-15-13/h1-10,12-13H,11H2,(H,21,24)(H,22,23);1-7H,(H,15,17). The first-order valence-corrected chi connectivity index (χ1v) is 13.7. The average Bonchev–Trinajstić information content (AvgIpc) is 3.69. The van der Waals surface area contributed by atoms with Gasteiger partial charge in [-0.2, -0.15) is 0 Å². The van der Waals surface area contributed by atoms with Crippen molar-refractivity contribution < 1.29 is 9.59 Å². The second-order valence-electron chi connectivity index (χ2n) is 9.50. The number of pyridine rings is 4. The molecule has 7 aromatic rings. The van der Waals surface area contributed by atoms with Gasteiger partial charge < -0.3 is 15.3 Å². The Hall–Kier alpha value is -5.67. The zero-order valence-corrected chi connectivity index (χ0v) is 23.4. The number of aromatic amines is 2. The summed E-state index contributed by atoms with van der Waals surface area (Å²) in [7, 11) is 0. The van der Waals surface area contributed by atoms with E-state index in [2.05, 4.69) is 47.4 Å². The topological polar surface area (TPSA) is 129 Å². The van der Waals surface area contributed by atoms with Crippen molar-refractivity contribution in [2.24, 2.45) is 0 Å². The molecular weight excluding hydrogens is 562 g/mol. The number of ketones is 2. The van der Waals surface area contributed by atoms with Crippen molar-refractivity contribution in [3.05, 3.63) is 149 Å². The van der Waals surface area contributed by atoms with E-state index in [1.54, 1.807) is 55.2 Å². The highest BCUT2D eigenvalue weighted by molar-refractivity contribution is 6.29. The van der Waals surface area contributed by atoms with Gasteiger partial charge in [0.2, 0.25) is 0 Å². The molecule has 0 fully saturated rings. The molecule has 3 N–H and O–H groups in total. The number of H-pyrrole nitrogens is 2. The first-order valence-electron chi connectivity index (χ1n) is 13.4. The van der Waals surface area contributed by atoms with Crippen molar-refractivity contribution in [2.45, 2.75) is 6.54 Å². The van der Waals surface area contributed by atoms with Gasteiger partial charge in [-0.3, -0.25) is 9.59 Å². The number of rotatable bonds is 7. The number of carbonyl (C=O) groups excluding carboxylic acids is 2. The molecule has 0 spiro atoms. The number of halogens is 1. The summed E-state index contributed by atoms with van der Waals surface area (Å²) in [6, 6.07) is 24.3. The van der Waals surface area contributed by atoms with Gasteiger partial charge in [0.15, 0.2) is 11.6 Å². The van der Waals surface area contributed by atoms with Crippen molar-refractivity contribution in [1.82, 2.24) is 29.9 Å². The highest BCUT2D eigenvalue weighted by Gasteiger charge is 2.16. The lowest BCUT2D eigenvalue weighted by Crippen LogP contribution is -2.04. The monoisotopic (exact) mass is 585 g/mol. The molecule has 0 saturated carbocycles. The lowest BCUT2D eigenvalue weighted by atomic mass is 10.1. The fourth-order valence-electron chi connectivity index (χ4n) is 4.53. The quantitative estimate of drug-likeness (QED) is 0.141. The molecule has 0 saturated heterocycles. The molecule has 0 amide bonds. The zero-order chi connectivity index (χ0) is 29.6. The smallest absolute Gasteiger partial charge is 0.196 e. The number of anilines is 1. The van der Waals surface area contributed by atoms with Crippen LogP contribution in [-0.2, 0) is 6.54 Å². The minimum absolute atomic E-state index is 0.0682. The van der Waals surface area contributed by atoms with Gasteiger partial charge in [0, 0.05) is 76.8 Å². The summed E-state index contributed by atoms with van der Waals surface area (Å²) < 4.78 is 0. The minimum Gasteiger partial charge on any atom is -0.366 e. The SMILES string of the molecule is O=C(c1ccc(Cl)nc1)c1c[nH]c2ncccc12.O=C(c1ccc(NCc2ccccc2)nc1)c1c[nH]c2ncccc12. The first-order chi connectivity index (χ1) is 21.1. The third kappa shape index (κ3) is 6.17. The van der Waals surface area contributed by atoms with E-state index in [0.29, 0.717) is 45.2 Å². The molecule has 7 rings (SSSR count). The molecule has 0 aliphatic heterocycles. The number of hydrogen-bond donors (Lipinski definition) is 3. The van der Waals surface area contributed by atoms with Gasteiger partial charge in [-0.1, -0.05) is 41.9 Å². The number of benzene rings is 1. The summed E-state index contributed by atoms with van der Waals surface area (Å²) in [4.78, 5) is 47.6. The normalized spacial score (nSPS) is 10.7. The Morgan fingerprint density at radius 1 is 0.651 bits per heavy atom. The Morgan fingerprint density at radius 2 is 1.23 bits per heavy atom. The van der Waals surface area contributed by atoms with Gasteiger partial charge in [0.1, 0.15) is 22.3 Å². The van der Waals surface area contributed by atoms with Gasteiger partial charge >= 0.3 is 0 Å². The molecule has 9 nitrogen and oxygen atoms in total. The second-order valence-corrected chi connectivity index (χ2v) is 9.89. The summed E-state index contributed by atoms with van der Waals surface area (Å²) in [6.45, 7) is 0.690. The lowest BCUT2D eigenvalue weighted by Gasteiger charge is -2.06. The highest BCUT2D eigenvalue weighted by atomic mass is 35.5. The van der Waals surface area contributed by atoms with Crippen LogP contribution in [0.4, 0.5) is 5.82 Å². The Kier molecular flexibility index (Phi) is 7.97. The van der Waals surface area contributed by atoms with Crippen LogP contribution in [0, 0.1) is 0 Å². The van der Waals surface area contributed by atoms with E-state index in [1.165, 1.54) is 11.8 Å². The van der Waals surface area contributed by atoms with Crippen LogP contribution in [0.25, 0.3) is 22.1 Å². The van der Waals surface area contributed by atoms with Crippen LogP contribution in [0.15, 0.2) is 116 Å². The predicted octanol–water partition coefficient (Wildman–Crippen LogP) is 6.64. The molecule has 0 aliphatic carbocycles. The van der Waals surface area contributed by atoms with Gasteiger partial charge in [0.05, 0.1) is 0 Å². The predicted molar refractivity (Wildman–Crippen MR) is 166 cm³/mol. The molecule has 0 aliphatic rings. The van der Waals surface area contributed by atoms with E-state index in [4.69, 9.17) is 11.6 Å².